The van der Waals surface area contributed by atoms with Gasteiger partial charge < -0.3 is 19.6 Å². The highest BCUT2D eigenvalue weighted by atomic mass is 16.5. The van der Waals surface area contributed by atoms with Crippen LogP contribution in [0.3, 0.4) is 0 Å². The van der Waals surface area contributed by atoms with Gasteiger partial charge in [0.05, 0.1) is 13.7 Å². The lowest BCUT2D eigenvalue weighted by Crippen LogP contribution is -2.11. The quantitative estimate of drug-likeness (QED) is 0.860. The maximum atomic E-state index is 12.3. The fourth-order valence-corrected chi connectivity index (χ4v) is 2.35. The topological polar surface area (TPSA) is 71.7 Å². The number of hydrogen-bond acceptors (Lipinski definition) is 4. The van der Waals surface area contributed by atoms with Crippen molar-refractivity contribution in [2.24, 2.45) is 0 Å². The number of hydrogen-bond donors (Lipinski definition) is 2. The minimum atomic E-state index is -0.302. The Labute approximate surface area is 129 Å². The highest BCUT2D eigenvalue weighted by molar-refractivity contribution is 6.02. The van der Waals surface area contributed by atoms with Crippen LogP contribution in [0.15, 0.2) is 28.7 Å². The maximum absolute atomic E-state index is 12.3. The third-order valence-electron chi connectivity index (χ3n) is 3.53. The Bertz CT molecular complexity index is 639. The highest BCUT2D eigenvalue weighted by Gasteiger charge is 2.15. The zero-order valence-electron chi connectivity index (χ0n) is 13.1. The molecule has 2 rings (SSSR count). The summed E-state index contributed by atoms with van der Waals surface area (Å²) in [6.07, 6.45) is 1.59. The standard InChI is InChI=1S/C17H21NO4/c1-4-11-9-16(22-14(11)5-2)17(20)18-13-6-7-15(21-3)12(8-13)10-19/h6-9,19H,4-5,10H2,1-3H3,(H,18,20). The van der Waals surface area contributed by atoms with Gasteiger partial charge in [0.2, 0.25) is 0 Å². The number of rotatable bonds is 6. The monoisotopic (exact) mass is 303 g/mol. The first-order valence-electron chi connectivity index (χ1n) is 7.33. The SMILES string of the molecule is CCc1cc(C(=O)Nc2ccc(OC)c(CO)c2)oc1CC. The molecule has 0 bridgehead atoms. The van der Waals surface area contributed by atoms with Gasteiger partial charge in [-0.05, 0) is 36.2 Å². The molecule has 0 saturated heterocycles. The number of amides is 1. The molecule has 5 nitrogen and oxygen atoms in total. The molecule has 0 unspecified atom stereocenters. The molecule has 0 radical (unpaired) electrons. The van der Waals surface area contributed by atoms with Crippen molar-refractivity contribution in [3.8, 4) is 5.75 Å². The molecule has 0 spiro atoms. The van der Waals surface area contributed by atoms with E-state index in [9.17, 15) is 9.90 Å². The van der Waals surface area contributed by atoms with Gasteiger partial charge in [-0.15, -0.1) is 0 Å². The van der Waals surface area contributed by atoms with Gasteiger partial charge in [-0.2, -0.15) is 0 Å². The Morgan fingerprint density at radius 1 is 1.23 bits per heavy atom. The number of aliphatic hydroxyl groups excluding tert-OH is 1. The van der Waals surface area contributed by atoms with E-state index in [1.165, 1.54) is 7.11 Å². The number of aryl methyl sites for hydroxylation is 2. The summed E-state index contributed by atoms with van der Waals surface area (Å²) in [5.74, 6) is 1.43. The number of methoxy groups -OCH3 is 1. The third-order valence-corrected chi connectivity index (χ3v) is 3.53. The zero-order valence-corrected chi connectivity index (χ0v) is 13.1. The predicted molar refractivity (Wildman–Crippen MR) is 84.3 cm³/mol. The van der Waals surface area contributed by atoms with Crippen LogP contribution >= 0.6 is 0 Å². The van der Waals surface area contributed by atoms with Gasteiger partial charge in [-0.3, -0.25) is 4.79 Å². The van der Waals surface area contributed by atoms with Gasteiger partial charge >= 0.3 is 0 Å². The zero-order chi connectivity index (χ0) is 16.1. The number of aliphatic hydroxyl groups is 1. The summed E-state index contributed by atoms with van der Waals surface area (Å²) in [5, 5.41) is 12.1. The first-order valence-corrected chi connectivity index (χ1v) is 7.33. The Morgan fingerprint density at radius 2 is 2.00 bits per heavy atom. The van der Waals surface area contributed by atoms with E-state index in [4.69, 9.17) is 9.15 Å². The molecule has 0 fully saturated rings. The van der Waals surface area contributed by atoms with E-state index in [0.29, 0.717) is 22.8 Å². The van der Waals surface area contributed by atoms with Crippen molar-refractivity contribution in [2.75, 3.05) is 12.4 Å². The molecule has 118 valence electrons. The molecule has 1 heterocycles. The normalized spacial score (nSPS) is 10.5. The van der Waals surface area contributed by atoms with Gasteiger partial charge in [0.1, 0.15) is 11.5 Å². The van der Waals surface area contributed by atoms with Crippen LogP contribution in [0.2, 0.25) is 0 Å². The van der Waals surface area contributed by atoms with Crippen molar-refractivity contribution < 1.29 is 19.1 Å². The average molecular weight is 303 g/mol. The predicted octanol–water partition coefficient (Wildman–Crippen LogP) is 3.16. The summed E-state index contributed by atoms with van der Waals surface area (Å²) in [6, 6.07) is 6.89. The summed E-state index contributed by atoms with van der Waals surface area (Å²) in [7, 11) is 1.54. The summed E-state index contributed by atoms with van der Waals surface area (Å²) >= 11 is 0. The lowest BCUT2D eigenvalue weighted by Gasteiger charge is -2.09. The number of nitrogens with one attached hydrogen (secondary N) is 1. The largest absolute Gasteiger partial charge is 0.496 e. The average Bonchev–Trinajstić information content (AvgIpc) is 2.98. The van der Waals surface area contributed by atoms with Gasteiger partial charge in [-0.25, -0.2) is 0 Å². The Kier molecular flexibility index (Phi) is 5.22. The molecule has 22 heavy (non-hydrogen) atoms. The van der Waals surface area contributed by atoms with Crippen molar-refractivity contribution in [3.63, 3.8) is 0 Å². The number of benzene rings is 1. The van der Waals surface area contributed by atoms with E-state index in [2.05, 4.69) is 5.32 Å². The first-order chi connectivity index (χ1) is 10.6. The van der Waals surface area contributed by atoms with Crippen molar-refractivity contribution in [1.82, 2.24) is 0 Å². The fourth-order valence-electron chi connectivity index (χ4n) is 2.35. The molecule has 2 N–H and O–H groups in total. The lowest BCUT2D eigenvalue weighted by molar-refractivity contribution is 0.0995. The summed E-state index contributed by atoms with van der Waals surface area (Å²) < 4.78 is 10.7. The lowest BCUT2D eigenvalue weighted by atomic mass is 10.1. The maximum Gasteiger partial charge on any atom is 0.291 e. The Morgan fingerprint density at radius 3 is 2.55 bits per heavy atom. The first kappa shape index (κ1) is 16.1. The van der Waals surface area contributed by atoms with E-state index >= 15 is 0 Å². The van der Waals surface area contributed by atoms with E-state index in [0.717, 1.165) is 24.2 Å². The molecule has 0 aliphatic rings. The minimum absolute atomic E-state index is 0.159. The van der Waals surface area contributed by atoms with Crippen LogP contribution in [0, 0.1) is 0 Å². The molecule has 0 aliphatic heterocycles. The van der Waals surface area contributed by atoms with Crippen molar-refractivity contribution >= 4 is 11.6 Å². The van der Waals surface area contributed by atoms with Crippen LogP contribution in [0.1, 0.15) is 41.3 Å². The fraction of sp³-hybridized carbons (Fsp3) is 0.353. The van der Waals surface area contributed by atoms with Crippen molar-refractivity contribution in [3.05, 3.63) is 46.9 Å². The molecule has 1 aromatic heterocycles. The van der Waals surface area contributed by atoms with Gasteiger partial charge in [-0.1, -0.05) is 13.8 Å². The smallest absolute Gasteiger partial charge is 0.291 e. The van der Waals surface area contributed by atoms with Gasteiger partial charge in [0.25, 0.3) is 5.91 Å². The summed E-state index contributed by atoms with van der Waals surface area (Å²) in [6.45, 7) is 3.87. The van der Waals surface area contributed by atoms with E-state index in [-0.39, 0.29) is 12.5 Å². The van der Waals surface area contributed by atoms with Crippen LogP contribution in [-0.2, 0) is 19.4 Å². The molecular formula is C17H21NO4. The van der Waals surface area contributed by atoms with Crippen LogP contribution in [-0.4, -0.2) is 18.1 Å². The molecule has 5 heteroatoms. The number of ether oxygens (including phenoxy) is 1. The molecule has 1 aromatic carbocycles. The number of carbonyl (C=O) groups excluding carboxylic acids is 1. The second-order valence-corrected chi connectivity index (χ2v) is 4.91. The van der Waals surface area contributed by atoms with Crippen molar-refractivity contribution in [1.29, 1.82) is 0 Å². The number of carbonyl (C=O) groups is 1. The molecule has 1 amide bonds. The molecular weight excluding hydrogens is 282 g/mol. The number of anilines is 1. The summed E-state index contributed by atoms with van der Waals surface area (Å²) in [5.41, 5.74) is 2.25. The third kappa shape index (κ3) is 3.31. The minimum Gasteiger partial charge on any atom is -0.496 e. The van der Waals surface area contributed by atoms with Gasteiger partial charge in [0, 0.05) is 17.7 Å². The molecule has 0 atom stereocenters. The highest BCUT2D eigenvalue weighted by Crippen LogP contribution is 2.24. The van der Waals surface area contributed by atoms with Crippen LogP contribution in [0.25, 0.3) is 0 Å². The van der Waals surface area contributed by atoms with Crippen LogP contribution in [0.4, 0.5) is 5.69 Å². The van der Waals surface area contributed by atoms with E-state index in [1.54, 1.807) is 24.3 Å². The Hall–Kier alpha value is -2.27. The van der Waals surface area contributed by atoms with E-state index in [1.807, 2.05) is 13.8 Å². The Balaban J connectivity index is 2.20. The number of furan rings is 1. The molecule has 0 saturated carbocycles. The van der Waals surface area contributed by atoms with E-state index < -0.39 is 0 Å². The summed E-state index contributed by atoms with van der Waals surface area (Å²) in [4.78, 5) is 12.3. The van der Waals surface area contributed by atoms with Crippen molar-refractivity contribution in [2.45, 2.75) is 33.3 Å². The van der Waals surface area contributed by atoms with Crippen LogP contribution < -0.4 is 10.1 Å². The molecule has 0 aliphatic carbocycles. The van der Waals surface area contributed by atoms with Crippen LogP contribution in [0.5, 0.6) is 5.75 Å². The second-order valence-electron chi connectivity index (χ2n) is 4.91. The van der Waals surface area contributed by atoms with Gasteiger partial charge in [0.15, 0.2) is 5.76 Å². The molecule has 2 aromatic rings. The second kappa shape index (κ2) is 7.13.